The Kier molecular flexibility index (Phi) is 5.79. The van der Waals surface area contributed by atoms with Gasteiger partial charge in [-0.2, -0.15) is 4.31 Å². The van der Waals surface area contributed by atoms with Crippen LogP contribution >= 0.6 is 0 Å². The van der Waals surface area contributed by atoms with E-state index in [0.717, 1.165) is 31.4 Å². The molecule has 2 rings (SSSR count). The molecule has 1 N–H and O–H groups in total. The summed E-state index contributed by atoms with van der Waals surface area (Å²) in [7, 11) is -3.35. The first-order valence-electron chi connectivity index (χ1n) is 7.87. The van der Waals surface area contributed by atoms with Crippen molar-refractivity contribution in [1.82, 2.24) is 9.62 Å². The minimum absolute atomic E-state index is 0.417. The summed E-state index contributed by atoms with van der Waals surface area (Å²) in [4.78, 5) is 0.417. The van der Waals surface area contributed by atoms with Gasteiger partial charge in [-0.3, -0.25) is 0 Å². The largest absolute Gasteiger partial charge is 0.313 e. The first-order valence-corrected chi connectivity index (χ1v) is 9.31. The van der Waals surface area contributed by atoms with Crippen molar-refractivity contribution in [2.24, 2.45) is 5.92 Å². The highest BCUT2D eigenvalue weighted by molar-refractivity contribution is 7.89. The third-order valence-corrected chi connectivity index (χ3v) is 5.74. The Bertz CT molecular complexity index is 553. The summed E-state index contributed by atoms with van der Waals surface area (Å²) in [5.74, 6) is 0.564. The molecule has 1 saturated carbocycles. The molecule has 0 heterocycles. The van der Waals surface area contributed by atoms with Gasteiger partial charge in [0.05, 0.1) is 4.90 Å². The van der Waals surface area contributed by atoms with Crippen LogP contribution < -0.4 is 5.32 Å². The zero-order valence-electron chi connectivity index (χ0n) is 13.0. The molecule has 1 aromatic rings. The minimum Gasteiger partial charge on any atom is -0.313 e. The molecule has 0 aliphatic heterocycles. The number of nitrogens with one attached hydrogen (secondary N) is 1. The highest BCUT2D eigenvalue weighted by Gasteiger charge is 2.30. The molecule has 1 aliphatic rings. The topological polar surface area (TPSA) is 49.4 Å². The number of nitrogens with zero attached hydrogens (tertiary/aromatic N) is 1. The molecular weight excluding hydrogens is 284 g/mol. The molecule has 0 radical (unpaired) electrons. The van der Waals surface area contributed by atoms with Gasteiger partial charge in [-0.15, -0.1) is 0 Å². The van der Waals surface area contributed by atoms with Gasteiger partial charge in [0.15, 0.2) is 0 Å². The van der Waals surface area contributed by atoms with Gasteiger partial charge in [0, 0.05) is 19.6 Å². The Balaban J connectivity index is 2.12. The summed E-state index contributed by atoms with van der Waals surface area (Å²) in [6.45, 7) is 6.89. The van der Waals surface area contributed by atoms with E-state index >= 15 is 0 Å². The number of rotatable bonds is 9. The minimum atomic E-state index is -3.35. The van der Waals surface area contributed by atoms with Crippen LogP contribution in [0.5, 0.6) is 0 Å². The molecule has 0 unspecified atom stereocenters. The van der Waals surface area contributed by atoms with Crippen molar-refractivity contribution in [3.63, 3.8) is 0 Å². The summed E-state index contributed by atoms with van der Waals surface area (Å²) in [6, 6.07) is 7.31. The van der Waals surface area contributed by atoms with Crippen molar-refractivity contribution >= 4 is 10.0 Å². The summed E-state index contributed by atoms with van der Waals surface area (Å²) >= 11 is 0. The number of benzene rings is 1. The molecule has 0 spiro atoms. The fourth-order valence-corrected chi connectivity index (χ4v) is 3.96. The lowest BCUT2D eigenvalue weighted by atomic mass is 10.2. The zero-order valence-corrected chi connectivity index (χ0v) is 13.8. The third kappa shape index (κ3) is 4.53. The standard InChI is InChI=1S/C16H26N2O2S/c1-3-10-17-12-15-6-5-7-16(11-15)21(19,20)18(4-2)13-14-8-9-14/h5-7,11,14,17H,3-4,8-10,12-13H2,1-2H3. The van der Waals surface area contributed by atoms with Crippen molar-refractivity contribution in [2.75, 3.05) is 19.6 Å². The number of hydrogen-bond acceptors (Lipinski definition) is 3. The second kappa shape index (κ2) is 7.38. The van der Waals surface area contributed by atoms with Gasteiger partial charge in [0.2, 0.25) is 10.0 Å². The van der Waals surface area contributed by atoms with Gasteiger partial charge in [0.25, 0.3) is 0 Å². The molecule has 118 valence electrons. The van der Waals surface area contributed by atoms with Crippen molar-refractivity contribution in [3.05, 3.63) is 29.8 Å². The molecule has 4 nitrogen and oxygen atoms in total. The SMILES string of the molecule is CCCNCc1cccc(S(=O)(=O)N(CC)CC2CC2)c1. The number of hydrogen-bond donors (Lipinski definition) is 1. The maximum Gasteiger partial charge on any atom is 0.243 e. The van der Waals surface area contributed by atoms with E-state index in [1.807, 2.05) is 19.1 Å². The Morgan fingerprint density at radius 3 is 2.67 bits per heavy atom. The van der Waals surface area contributed by atoms with Gasteiger partial charge in [-0.1, -0.05) is 26.0 Å². The van der Waals surface area contributed by atoms with Crippen LogP contribution in [0.25, 0.3) is 0 Å². The molecule has 0 aromatic heterocycles. The summed E-state index contributed by atoms with van der Waals surface area (Å²) in [6.07, 6.45) is 3.39. The Morgan fingerprint density at radius 2 is 2.05 bits per heavy atom. The summed E-state index contributed by atoms with van der Waals surface area (Å²) < 4.78 is 27.0. The lowest BCUT2D eigenvalue weighted by Gasteiger charge is -2.20. The van der Waals surface area contributed by atoms with Crippen LogP contribution in [0.2, 0.25) is 0 Å². The average molecular weight is 310 g/mol. The van der Waals surface area contributed by atoms with Crippen molar-refractivity contribution in [2.45, 2.75) is 44.6 Å². The molecule has 5 heteroatoms. The van der Waals surface area contributed by atoms with Gasteiger partial charge in [0.1, 0.15) is 0 Å². The van der Waals surface area contributed by atoms with Gasteiger partial charge < -0.3 is 5.32 Å². The summed E-state index contributed by atoms with van der Waals surface area (Å²) in [5.41, 5.74) is 1.02. The van der Waals surface area contributed by atoms with Gasteiger partial charge in [-0.05, 0) is 49.4 Å². The second-order valence-electron chi connectivity index (χ2n) is 5.72. The number of sulfonamides is 1. The van der Waals surface area contributed by atoms with Crippen molar-refractivity contribution in [3.8, 4) is 0 Å². The van der Waals surface area contributed by atoms with Gasteiger partial charge >= 0.3 is 0 Å². The van der Waals surface area contributed by atoms with Crippen LogP contribution in [0.1, 0.15) is 38.7 Å². The fraction of sp³-hybridized carbons (Fsp3) is 0.625. The van der Waals surface area contributed by atoms with E-state index in [2.05, 4.69) is 12.2 Å². The molecule has 1 fully saturated rings. The monoisotopic (exact) mass is 310 g/mol. The first-order chi connectivity index (χ1) is 10.1. The molecule has 0 saturated heterocycles. The van der Waals surface area contributed by atoms with Crippen LogP contribution in [0.4, 0.5) is 0 Å². The van der Waals surface area contributed by atoms with Crippen LogP contribution in [0.3, 0.4) is 0 Å². The summed E-state index contributed by atoms with van der Waals surface area (Å²) in [5, 5.41) is 3.31. The van der Waals surface area contributed by atoms with Crippen LogP contribution in [-0.2, 0) is 16.6 Å². The van der Waals surface area contributed by atoms with E-state index in [0.29, 0.717) is 30.4 Å². The van der Waals surface area contributed by atoms with E-state index in [9.17, 15) is 8.42 Å². The Labute approximate surface area is 128 Å². The van der Waals surface area contributed by atoms with E-state index < -0.39 is 10.0 Å². The third-order valence-electron chi connectivity index (χ3n) is 3.80. The fourth-order valence-electron chi connectivity index (χ4n) is 2.36. The lowest BCUT2D eigenvalue weighted by molar-refractivity contribution is 0.412. The van der Waals surface area contributed by atoms with E-state index in [1.54, 1.807) is 16.4 Å². The highest BCUT2D eigenvalue weighted by atomic mass is 32.2. The maximum atomic E-state index is 12.7. The highest BCUT2D eigenvalue weighted by Crippen LogP contribution is 2.31. The van der Waals surface area contributed by atoms with E-state index in [-0.39, 0.29) is 0 Å². The Morgan fingerprint density at radius 1 is 1.29 bits per heavy atom. The molecule has 0 bridgehead atoms. The maximum absolute atomic E-state index is 12.7. The zero-order chi connectivity index (χ0) is 15.3. The van der Waals surface area contributed by atoms with E-state index in [4.69, 9.17) is 0 Å². The van der Waals surface area contributed by atoms with E-state index in [1.165, 1.54) is 0 Å². The normalized spacial score (nSPS) is 15.6. The lowest BCUT2D eigenvalue weighted by Crippen LogP contribution is -2.32. The first kappa shape index (κ1) is 16.5. The molecule has 0 amide bonds. The average Bonchev–Trinajstić information content (AvgIpc) is 3.29. The smallest absolute Gasteiger partial charge is 0.243 e. The van der Waals surface area contributed by atoms with Crippen LogP contribution in [0.15, 0.2) is 29.2 Å². The predicted molar refractivity (Wildman–Crippen MR) is 85.6 cm³/mol. The predicted octanol–water partition coefficient (Wildman–Crippen LogP) is 2.61. The Hall–Kier alpha value is -0.910. The molecule has 1 aliphatic carbocycles. The molecule has 21 heavy (non-hydrogen) atoms. The van der Waals surface area contributed by atoms with Crippen molar-refractivity contribution < 1.29 is 8.42 Å². The molecule has 0 atom stereocenters. The quantitative estimate of drug-likeness (QED) is 0.713. The second-order valence-corrected chi connectivity index (χ2v) is 7.66. The molecule has 1 aromatic carbocycles. The molecular formula is C16H26N2O2S. The van der Waals surface area contributed by atoms with Crippen molar-refractivity contribution in [1.29, 1.82) is 0 Å². The van der Waals surface area contributed by atoms with Crippen LogP contribution in [0, 0.1) is 5.92 Å². The van der Waals surface area contributed by atoms with Crippen LogP contribution in [-0.4, -0.2) is 32.4 Å². The van der Waals surface area contributed by atoms with Gasteiger partial charge in [-0.25, -0.2) is 8.42 Å².